The molecule has 0 aliphatic carbocycles. The van der Waals surface area contributed by atoms with E-state index in [4.69, 9.17) is 0 Å². The van der Waals surface area contributed by atoms with Crippen LogP contribution in [0.2, 0.25) is 0 Å². The Morgan fingerprint density at radius 1 is 1.33 bits per heavy atom. The summed E-state index contributed by atoms with van der Waals surface area (Å²) in [5.41, 5.74) is 3.32. The molecule has 0 saturated carbocycles. The summed E-state index contributed by atoms with van der Waals surface area (Å²) >= 11 is 0. The highest BCUT2D eigenvalue weighted by Crippen LogP contribution is 2.00. The van der Waals surface area contributed by atoms with Crippen molar-refractivity contribution in [2.45, 2.75) is 0 Å². The van der Waals surface area contributed by atoms with E-state index in [9.17, 15) is 9.18 Å². The van der Waals surface area contributed by atoms with Crippen molar-refractivity contribution in [1.29, 1.82) is 0 Å². The zero-order valence-corrected chi connectivity index (χ0v) is 9.38. The maximum atomic E-state index is 12.9. The third kappa shape index (κ3) is 3.21. The molecule has 0 bridgehead atoms. The Morgan fingerprint density at radius 2 is 2.22 bits per heavy atom. The molecule has 1 aromatic heterocycles. The first-order valence-electron chi connectivity index (χ1n) is 5.25. The summed E-state index contributed by atoms with van der Waals surface area (Å²) in [5.74, 6) is -0.715. The number of nitrogens with zero attached hydrogens (tertiary/aromatic N) is 2. The standard InChI is InChI=1S/C13H10FN3O/c14-12-5-1-3-10(7-12)8-16-17-13(18)11-4-2-6-15-9-11/h1-9H,(H,17,18). The number of hydrogen-bond acceptors (Lipinski definition) is 3. The molecule has 0 fully saturated rings. The van der Waals surface area contributed by atoms with Gasteiger partial charge >= 0.3 is 0 Å². The molecule has 5 heteroatoms. The fourth-order valence-corrected chi connectivity index (χ4v) is 1.31. The zero-order chi connectivity index (χ0) is 12.8. The van der Waals surface area contributed by atoms with Crippen molar-refractivity contribution in [3.05, 3.63) is 65.7 Å². The van der Waals surface area contributed by atoms with Gasteiger partial charge in [-0.15, -0.1) is 0 Å². The van der Waals surface area contributed by atoms with Crippen molar-refractivity contribution in [1.82, 2.24) is 10.4 Å². The molecule has 0 saturated heterocycles. The van der Waals surface area contributed by atoms with Crippen molar-refractivity contribution >= 4 is 12.1 Å². The minimum Gasteiger partial charge on any atom is -0.267 e. The molecule has 2 rings (SSSR count). The van der Waals surface area contributed by atoms with Crippen LogP contribution in [0.1, 0.15) is 15.9 Å². The number of pyridine rings is 1. The monoisotopic (exact) mass is 243 g/mol. The Labute approximate surface area is 103 Å². The molecule has 90 valence electrons. The third-order valence-corrected chi connectivity index (χ3v) is 2.15. The number of carbonyl (C=O) groups is 1. The average Bonchev–Trinajstić information content (AvgIpc) is 2.40. The second kappa shape index (κ2) is 5.67. The van der Waals surface area contributed by atoms with Gasteiger partial charge in [0.05, 0.1) is 11.8 Å². The Morgan fingerprint density at radius 3 is 2.94 bits per heavy atom. The molecule has 0 radical (unpaired) electrons. The van der Waals surface area contributed by atoms with Crippen LogP contribution in [-0.2, 0) is 0 Å². The zero-order valence-electron chi connectivity index (χ0n) is 9.38. The third-order valence-electron chi connectivity index (χ3n) is 2.15. The molecule has 2 aromatic rings. The second-order valence-electron chi connectivity index (χ2n) is 3.50. The molecule has 0 unspecified atom stereocenters. The second-order valence-corrected chi connectivity index (χ2v) is 3.50. The quantitative estimate of drug-likeness (QED) is 0.662. The molecule has 0 spiro atoms. The van der Waals surface area contributed by atoms with Crippen molar-refractivity contribution in [3.63, 3.8) is 0 Å². The number of carbonyl (C=O) groups excluding carboxylic acids is 1. The minimum absolute atomic E-state index is 0.350. The Kier molecular flexibility index (Phi) is 3.76. The molecular weight excluding hydrogens is 233 g/mol. The van der Waals surface area contributed by atoms with Gasteiger partial charge in [-0.3, -0.25) is 9.78 Å². The smallest absolute Gasteiger partial charge is 0.267 e. The summed E-state index contributed by atoms with van der Waals surface area (Å²) in [6, 6.07) is 9.19. The molecule has 0 atom stereocenters. The average molecular weight is 243 g/mol. The van der Waals surface area contributed by atoms with Gasteiger partial charge in [0.15, 0.2) is 0 Å². The van der Waals surface area contributed by atoms with Gasteiger partial charge in [0.25, 0.3) is 5.91 Å². The first kappa shape index (κ1) is 11.9. The van der Waals surface area contributed by atoms with Crippen molar-refractivity contribution < 1.29 is 9.18 Å². The van der Waals surface area contributed by atoms with Crippen LogP contribution in [-0.4, -0.2) is 17.1 Å². The number of amides is 1. The Hall–Kier alpha value is -2.56. The van der Waals surface area contributed by atoms with E-state index in [0.29, 0.717) is 11.1 Å². The van der Waals surface area contributed by atoms with E-state index in [0.717, 1.165) is 0 Å². The molecule has 0 aliphatic rings. The van der Waals surface area contributed by atoms with Crippen LogP contribution in [0.3, 0.4) is 0 Å². The van der Waals surface area contributed by atoms with E-state index in [1.54, 1.807) is 30.5 Å². The van der Waals surface area contributed by atoms with Crippen molar-refractivity contribution in [3.8, 4) is 0 Å². The molecule has 0 aliphatic heterocycles. The summed E-state index contributed by atoms with van der Waals surface area (Å²) in [5, 5.41) is 3.74. The number of benzene rings is 1. The summed E-state index contributed by atoms with van der Waals surface area (Å²) in [6.07, 6.45) is 4.39. The number of hydrogen-bond donors (Lipinski definition) is 1. The first-order chi connectivity index (χ1) is 8.75. The number of rotatable bonds is 3. The lowest BCUT2D eigenvalue weighted by molar-refractivity contribution is 0.0955. The summed E-state index contributed by atoms with van der Waals surface area (Å²) < 4.78 is 12.9. The van der Waals surface area contributed by atoms with Gasteiger partial charge in [-0.1, -0.05) is 12.1 Å². The highest BCUT2D eigenvalue weighted by molar-refractivity contribution is 5.94. The molecule has 1 heterocycles. The SMILES string of the molecule is O=C(NN=Cc1cccc(F)c1)c1cccnc1. The first-order valence-corrected chi connectivity index (χ1v) is 5.25. The molecule has 1 aromatic carbocycles. The molecule has 4 nitrogen and oxygen atoms in total. The van der Waals surface area contributed by atoms with Gasteiger partial charge in [0.2, 0.25) is 0 Å². The predicted molar refractivity (Wildman–Crippen MR) is 65.7 cm³/mol. The Balaban J connectivity index is 1.98. The van der Waals surface area contributed by atoms with Gasteiger partial charge in [-0.25, -0.2) is 9.82 Å². The van der Waals surface area contributed by atoms with Crippen LogP contribution in [0, 0.1) is 5.82 Å². The van der Waals surface area contributed by atoms with E-state index in [1.807, 2.05) is 0 Å². The van der Waals surface area contributed by atoms with Crippen LogP contribution >= 0.6 is 0 Å². The number of nitrogens with one attached hydrogen (secondary N) is 1. The highest BCUT2D eigenvalue weighted by Gasteiger charge is 2.02. The van der Waals surface area contributed by atoms with E-state index in [1.165, 1.54) is 24.5 Å². The van der Waals surface area contributed by atoms with E-state index in [-0.39, 0.29) is 11.7 Å². The lowest BCUT2D eigenvalue weighted by atomic mass is 10.2. The van der Waals surface area contributed by atoms with Gasteiger partial charge in [0, 0.05) is 12.4 Å². The van der Waals surface area contributed by atoms with Crippen molar-refractivity contribution in [2.24, 2.45) is 5.10 Å². The number of hydrazone groups is 1. The van der Waals surface area contributed by atoms with Crippen molar-refractivity contribution in [2.75, 3.05) is 0 Å². The summed E-state index contributed by atoms with van der Waals surface area (Å²) in [6.45, 7) is 0. The normalized spacial score (nSPS) is 10.5. The fraction of sp³-hybridized carbons (Fsp3) is 0. The summed E-state index contributed by atoms with van der Waals surface area (Å²) in [4.78, 5) is 15.4. The lowest BCUT2D eigenvalue weighted by Crippen LogP contribution is -2.17. The van der Waals surface area contributed by atoms with Gasteiger partial charge in [-0.05, 0) is 29.8 Å². The molecule has 1 amide bonds. The molecular formula is C13H10FN3O. The van der Waals surface area contributed by atoms with Crippen LogP contribution in [0.5, 0.6) is 0 Å². The minimum atomic E-state index is -0.365. The van der Waals surface area contributed by atoms with Crippen LogP contribution < -0.4 is 5.43 Å². The molecule has 18 heavy (non-hydrogen) atoms. The topological polar surface area (TPSA) is 54.4 Å². The molecule has 1 N–H and O–H groups in total. The van der Waals surface area contributed by atoms with Gasteiger partial charge in [0.1, 0.15) is 5.82 Å². The Bertz CT molecular complexity index is 569. The van der Waals surface area contributed by atoms with E-state index < -0.39 is 0 Å². The summed E-state index contributed by atoms with van der Waals surface area (Å²) in [7, 11) is 0. The maximum absolute atomic E-state index is 12.9. The number of halogens is 1. The van der Waals surface area contributed by atoms with E-state index in [2.05, 4.69) is 15.5 Å². The van der Waals surface area contributed by atoms with Gasteiger partial charge in [-0.2, -0.15) is 5.10 Å². The van der Waals surface area contributed by atoms with Gasteiger partial charge < -0.3 is 0 Å². The predicted octanol–water partition coefficient (Wildman–Crippen LogP) is 1.98. The lowest BCUT2D eigenvalue weighted by Gasteiger charge is -1.98. The highest BCUT2D eigenvalue weighted by atomic mass is 19.1. The largest absolute Gasteiger partial charge is 0.272 e. The van der Waals surface area contributed by atoms with Crippen LogP contribution in [0.4, 0.5) is 4.39 Å². The number of aromatic nitrogens is 1. The maximum Gasteiger partial charge on any atom is 0.272 e. The van der Waals surface area contributed by atoms with Crippen LogP contribution in [0.25, 0.3) is 0 Å². The fourth-order valence-electron chi connectivity index (χ4n) is 1.31. The van der Waals surface area contributed by atoms with E-state index >= 15 is 0 Å². The van der Waals surface area contributed by atoms with Crippen LogP contribution in [0.15, 0.2) is 53.9 Å².